The quantitative estimate of drug-likeness (QED) is 0.608. The minimum Gasteiger partial charge on any atom is -0.466 e. The van der Waals surface area contributed by atoms with Gasteiger partial charge in [-0.25, -0.2) is 0 Å². The summed E-state index contributed by atoms with van der Waals surface area (Å²) in [4.78, 5) is 0. The van der Waals surface area contributed by atoms with Crippen molar-refractivity contribution in [2.24, 2.45) is 0 Å². The summed E-state index contributed by atoms with van der Waals surface area (Å²) in [7, 11) is 1.55. The summed E-state index contributed by atoms with van der Waals surface area (Å²) in [6, 6.07) is 15.1. The van der Waals surface area contributed by atoms with Gasteiger partial charge in [-0.05, 0) is 29.3 Å². The number of nitriles is 1. The highest BCUT2D eigenvalue weighted by Crippen LogP contribution is 2.26. The second kappa shape index (κ2) is 7.49. The number of benzene rings is 2. The van der Waals surface area contributed by atoms with Crippen molar-refractivity contribution < 1.29 is 9.47 Å². The Hall–Kier alpha value is -2.28. The Labute approximate surface area is 129 Å². The average Bonchev–Trinajstić information content (AvgIpc) is 2.52. The second-order valence-corrected chi connectivity index (χ2v) is 4.68. The maximum absolute atomic E-state index is 9.05. The van der Waals surface area contributed by atoms with Crippen LogP contribution in [0.4, 0.5) is 0 Å². The van der Waals surface area contributed by atoms with Gasteiger partial charge in [0.05, 0.1) is 16.7 Å². The maximum atomic E-state index is 9.05. The Morgan fingerprint density at radius 2 is 2.00 bits per heavy atom. The van der Waals surface area contributed by atoms with E-state index < -0.39 is 0 Å². The zero-order valence-electron chi connectivity index (χ0n) is 11.5. The minimum atomic E-state index is 0.157. The van der Waals surface area contributed by atoms with E-state index in [0.717, 1.165) is 11.1 Å². The Kier molecular flexibility index (Phi) is 5.39. The first-order valence-corrected chi connectivity index (χ1v) is 6.71. The molecule has 0 radical (unpaired) electrons. The lowest BCUT2D eigenvalue weighted by atomic mass is 10.1. The van der Waals surface area contributed by atoms with E-state index in [1.165, 1.54) is 0 Å². The molecule has 0 atom stereocenters. The fourth-order valence-electron chi connectivity index (χ4n) is 1.79. The Morgan fingerprint density at radius 3 is 2.71 bits per heavy atom. The van der Waals surface area contributed by atoms with Crippen molar-refractivity contribution >= 4 is 23.8 Å². The first-order chi connectivity index (χ1) is 10.2. The number of nitrogens with zero attached hydrogens (tertiary/aromatic N) is 1. The van der Waals surface area contributed by atoms with E-state index in [1.54, 1.807) is 25.3 Å². The van der Waals surface area contributed by atoms with Crippen LogP contribution in [0.1, 0.15) is 16.7 Å². The first kappa shape index (κ1) is 15.1. The SMILES string of the molecule is COCOc1ccc(C=Cc2ccccc2C#N)cc1Cl. The molecule has 2 rings (SSSR count). The van der Waals surface area contributed by atoms with Crippen LogP contribution in [0.2, 0.25) is 5.02 Å². The lowest BCUT2D eigenvalue weighted by Crippen LogP contribution is -1.99. The van der Waals surface area contributed by atoms with E-state index in [2.05, 4.69) is 6.07 Å². The lowest BCUT2D eigenvalue weighted by Gasteiger charge is -2.07. The van der Waals surface area contributed by atoms with Crippen molar-refractivity contribution in [1.82, 2.24) is 0 Å². The highest BCUT2D eigenvalue weighted by atomic mass is 35.5. The third-order valence-corrected chi connectivity index (χ3v) is 3.12. The van der Waals surface area contributed by atoms with Crippen molar-refractivity contribution in [1.29, 1.82) is 5.26 Å². The van der Waals surface area contributed by atoms with Crippen LogP contribution in [-0.4, -0.2) is 13.9 Å². The zero-order valence-corrected chi connectivity index (χ0v) is 12.3. The molecule has 2 aromatic rings. The normalized spacial score (nSPS) is 10.5. The molecule has 0 aliphatic carbocycles. The molecule has 0 spiro atoms. The monoisotopic (exact) mass is 299 g/mol. The van der Waals surface area contributed by atoms with Gasteiger partial charge < -0.3 is 9.47 Å². The van der Waals surface area contributed by atoms with Crippen LogP contribution >= 0.6 is 11.6 Å². The van der Waals surface area contributed by atoms with Gasteiger partial charge in [-0.3, -0.25) is 0 Å². The van der Waals surface area contributed by atoms with E-state index in [4.69, 9.17) is 26.3 Å². The summed E-state index contributed by atoms with van der Waals surface area (Å²) in [5.74, 6) is 0.577. The fraction of sp³-hybridized carbons (Fsp3) is 0.118. The van der Waals surface area contributed by atoms with Crippen LogP contribution in [0.25, 0.3) is 12.2 Å². The van der Waals surface area contributed by atoms with Crippen LogP contribution in [0.15, 0.2) is 42.5 Å². The fourth-order valence-corrected chi connectivity index (χ4v) is 2.03. The molecule has 3 nitrogen and oxygen atoms in total. The molecular formula is C17H14ClNO2. The van der Waals surface area contributed by atoms with Gasteiger partial charge in [-0.2, -0.15) is 5.26 Å². The topological polar surface area (TPSA) is 42.2 Å². The molecule has 0 aliphatic heterocycles. The molecule has 0 N–H and O–H groups in total. The highest BCUT2D eigenvalue weighted by molar-refractivity contribution is 6.32. The van der Waals surface area contributed by atoms with Gasteiger partial charge in [-0.1, -0.05) is 48.0 Å². The van der Waals surface area contributed by atoms with Crippen LogP contribution in [-0.2, 0) is 4.74 Å². The number of ether oxygens (including phenoxy) is 2. The third-order valence-electron chi connectivity index (χ3n) is 2.82. The summed E-state index contributed by atoms with van der Waals surface area (Å²) < 4.78 is 10.2. The summed E-state index contributed by atoms with van der Waals surface area (Å²) in [6.45, 7) is 0.157. The molecule has 0 aliphatic rings. The predicted octanol–water partition coefficient (Wildman–Crippen LogP) is 4.36. The molecular weight excluding hydrogens is 286 g/mol. The molecule has 0 amide bonds. The Morgan fingerprint density at radius 1 is 1.19 bits per heavy atom. The molecule has 0 saturated heterocycles. The average molecular weight is 300 g/mol. The van der Waals surface area contributed by atoms with Crippen molar-refractivity contribution in [3.05, 3.63) is 64.2 Å². The van der Waals surface area contributed by atoms with Gasteiger partial charge in [0, 0.05) is 7.11 Å². The van der Waals surface area contributed by atoms with Gasteiger partial charge in [-0.15, -0.1) is 0 Å². The molecule has 21 heavy (non-hydrogen) atoms. The highest BCUT2D eigenvalue weighted by Gasteiger charge is 2.02. The zero-order chi connectivity index (χ0) is 15.1. The summed E-state index contributed by atoms with van der Waals surface area (Å²) in [6.07, 6.45) is 3.79. The van der Waals surface area contributed by atoms with Crippen molar-refractivity contribution in [2.45, 2.75) is 0 Å². The summed E-state index contributed by atoms with van der Waals surface area (Å²) in [5, 5.41) is 9.56. The van der Waals surface area contributed by atoms with E-state index >= 15 is 0 Å². The largest absolute Gasteiger partial charge is 0.466 e. The molecule has 0 unspecified atom stereocenters. The minimum absolute atomic E-state index is 0.157. The standard InChI is InChI=1S/C17H14ClNO2/c1-20-12-21-17-9-7-13(10-16(17)18)6-8-14-4-2-3-5-15(14)11-19/h2-10H,12H2,1H3. The van der Waals surface area contributed by atoms with Crippen LogP contribution in [0, 0.1) is 11.3 Å². The van der Waals surface area contributed by atoms with Gasteiger partial charge in [0.2, 0.25) is 0 Å². The van der Waals surface area contributed by atoms with Gasteiger partial charge in [0.15, 0.2) is 6.79 Å². The van der Waals surface area contributed by atoms with E-state index in [0.29, 0.717) is 16.3 Å². The predicted molar refractivity (Wildman–Crippen MR) is 84.0 cm³/mol. The first-order valence-electron chi connectivity index (χ1n) is 6.33. The molecule has 0 bridgehead atoms. The number of halogens is 1. The maximum Gasteiger partial charge on any atom is 0.188 e. The molecule has 0 fully saturated rings. The lowest BCUT2D eigenvalue weighted by molar-refractivity contribution is 0.0512. The van der Waals surface area contributed by atoms with Crippen LogP contribution < -0.4 is 4.74 Å². The van der Waals surface area contributed by atoms with E-state index in [-0.39, 0.29) is 6.79 Å². The molecule has 0 heterocycles. The van der Waals surface area contributed by atoms with Crippen molar-refractivity contribution in [2.75, 3.05) is 13.9 Å². The molecule has 0 aromatic heterocycles. The molecule has 0 saturated carbocycles. The Balaban J connectivity index is 2.18. The van der Waals surface area contributed by atoms with Gasteiger partial charge in [0.1, 0.15) is 5.75 Å². The van der Waals surface area contributed by atoms with E-state index in [9.17, 15) is 0 Å². The molecule has 4 heteroatoms. The Bertz CT molecular complexity index is 689. The number of hydrogen-bond donors (Lipinski definition) is 0. The number of methoxy groups -OCH3 is 1. The van der Waals surface area contributed by atoms with E-state index in [1.807, 2.05) is 36.4 Å². The number of hydrogen-bond acceptors (Lipinski definition) is 3. The molecule has 106 valence electrons. The van der Waals surface area contributed by atoms with Crippen LogP contribution in [0.3, 0.4) is 0 Å². The summed E-state index contributed by atoms with van der Waals surface area (Å²) >= 11 is 6.14. The summed E-state index contributed by atoms with van der Waals surface area (Å²) in [5.41, 5.74) is 2.44. The number of rotatable bonds is 5. The third kappa shape index (κ3) is 4.09. The second-order valence-electron chi connectivity index (χ2n) is 4.27. The van der Waals surface area contributed by atoms with Gasteiger partial charge in [0.25, 0.3) is 0 Å². The van der Waals surface area contributed by atoms with Crippen molar-refractivity contribution in [3.8, 4) is 11.8 Å². The van der Waals surface area contributed by atoms with Crippen molar-refractivity contribution in [3.63, 3.8) is 0 Å². The van der Waals surface area contributed by atoms with Crippen LogP contribution in [0.5, 0.6) is 5.75 Å². The van der Waals surface area contributed by atoms with Gasteiger partial charge >= 0.3 is 0 Å². The smallest absolute Gasteiger partial charge is 0.188 e. The molecule has 2 aromatic carbocycles.